The normalized spacial score (nSPS) is 30.4. The van der Waals surface area contributed by atoms with E-state index in [-0.39, 0.29) is 0 Å². The Morgan fingerprint density at radius 2 is 1.83 bits per heavy atom. The highest BCUT2D eigenvalue weighted by Gasteiger charge is 2.33. The summed E-state index contributed by atoms with van der Waals surface area (Å²) in [5.74, 6) is 2.08. The monoisotopic (exact) mass is 263 g/mol. The molecule has 0 aromatic heterocycles. The van der Waals surface area contributed by atoms with Gasteiger partial charge in [-0.15, -0.1) is 0 Å². The largest absolute Gasteiger partial charge is 0.497 e. The third kappa shape index (κ3) is 2.83. The fourth-order valence-corrected chi connectivity index (χ4v) is 4.43. The maximum atomic E-state index is 5.18. The predicted octanol–water partition coefficient (Wildman–Crippen LogP) is 3.21. The molecule has 2 fully saturated rings. The molecule has 1 N–H and O–H groups in total. The molecule has 3 rings (SSSR count). The molecule has 3 heteroatoms. The molecule has 2 atom stereocenters. The third-order valence-corrected chi connectivity index (χ3v) is 5.43. The molecule has 2 aliphatic heterocycles. The van der Waals surface area contributed by atoms with Gasteiger partial charge in [-0.3, -0.25) is 0 Å². The lowest BCUT2D eigenvalue weighted by molar-refractivity contribution is 0.414. The maximum Gasteiger partial charge on any atom is 0.118 e. The second-order valence-corrected chi connectivity index (χ2v) is 6.68. The van der Waals surface area contributed by atoms with Crippen LogP contribution in [0.5, 0.6) is 5.75 Å². The molecule has 0 saturated carbocycles. The number of methoxy groups -OCH3 is 1. The van der Waals surface area contributed by atoms with Crippen molar-refractivity contribution in [2.45, 2.75) is 48.8 Å². The summed E-state index contributed by atoms with van der Waals surface area (Å²) in [5.41, 5.74) is 1.41. The lowest BCUT2D eigenvalue weighted by Crippen LogP contribution is -2.39. The SMILES string of the molecule is COc1ccc(CSC2CC3CCC(C2)N3)cc1. The first-order chi connectivity index (χ1) is 8.83. The van der Waals surface area contributed by atoms with Crippen molar-refractivity contribution in [2.24, 2.45) is 0 Å². The Labute approximate surface area is 113 Å². The Morgan fingerprint density at radius 3 is 2.44 bits per heavy atom. The van der Waals surface area contributed by atoms with Gasteiger partial charge in [0, 0.05) is 23.1 Å². The molecule has 2 aliphatic rings. The Hall–Kier alpha value is -0.670. The summed E-state index contributed by atoms with van der Waals surface area (Å²) in [6, 6.07) is 10.1. The first kappa shape index (κ1) is 12.4. The van der Waals surface area contributed by atoms with Gasteiger partial charge in [-0.1, -0.05) is 12.1 Å². The van der Waals surface area contributed by atoms with Gasteiger partial charge in [-0.25, -0.2) is 0 Å². The van der Waals surface area contributed by atoms with Crippen molar-refractivity contribution in [3.05, 3.63) is 29.8 Å². The first-order valence-corrected chi connectivity index (χ1v) is 7.89. The van der Waals surface area contributed by atoms with Crippen molar-refractivity contribution in [3.63, 3.8) is 0 Å². The molecule has 0 spiro atoms. The Bertz CT molecular complexity index is 380. The molecule has 1 aromatic carbocycles. The predicted molar refractivity (Wildman–Crippen MR) is 77.3 cm³/mol. The van der Waals surface area contributed by atoms with Gasteiger partial charge in [0.15, 0.2) is 0 Å². The number of hydrogen-bond donors (Lipinski definition) is 1. The minimum atomic E-state index is 0.803. The number of thioether (sulfide) groups is 1. The van der Waals surface area contributed by atoms with Crippen LogP contribution in [0.15, 0.2) is 24.3 Å². The van der Waals surface area contributed by atoms with Gasteiger partial charge >= 0.3 is 0 Å². The van der Waals surface area contributed by atoms with Crippen LogP contribution in [-0.2, 0) is 5.75 Å². The average molecular weight is 263 g/mol. The van der Waals surface area contributed by atoms with E-state index in [1.54, 1.807) is 7.11 Å². The lowest BCUT2D eigenvalue weighted by atomic mass is 10.1. The molecule has 1 aromatic rings. The number of fused-ring (bicyclic) bond motifs is 2. The lowest BCUT2D eigenvalue weighted by Gasteiger charge is -2.28. The van der Waals surface area contributed by atoms with E-state index in [9.17, 15) is 0 Å². The van der Waals surface area contributed by atoms with E-state index in [0.717, 1.165) is 28.8 Å². The van der Waals surface area contributed by atoms with Gasteiger partial charge in [-0.2, -0.15) is 11.8 Å². The minimum Gasteiger partial charge on any atom is -0.497 e. The van der Waals surface area contributed by atoms with E-state index in [0.29, 0.717) is 0 Å². The molecule has 18 heavy (non-hydrogen) atoms. The Balaban J connectivity index is 1.51. The van der Waals surface area contributed by atoms with E-state index in [1.807, 2.05) is 0 Å². The number of piperidine rings is 1. The van der Waals surface area contributed by atoms with Crippen LogP contribution in [-0.4, -0.2) is 24.4 Å². The van der Waals surface area contributed by atoms with Gasteiger partial charge in [0.05, 0.1) is 7.11 Å². The highest BCUT2D eigenvalue weighted by molar-refractivity contribution is 7.99. The molecule has 98 valence electrons. The van der Waals surface area contributed by atoms with Crippen LogP contribution in [0.1, 0.15) is 31.2 Å². The highest BCUT2D eigenvalue weighted by Crippen LogP contribution is 2.35. The first-order valence-electron chi connectivity index (χ1n) is 6.84. The van der Waals surface area contributed by atoms with E-state index < -0.39 is 0 Å². The second kappa shape index (κ2) is 5.54. The average Bonchev–Trinajstić information content (AvgIpc) is 2.76. The standard InChI is InChI=1S/C15H21NOS/c1-17-14-6-2-11(3-7-14)10-18-15-8-12-4-5-13(9-15)16-12/h2-3,6-7,12-13,15-16H,4-5,8-10H2,1H3. The Morgan fingerprint density at radius 1 is 1.17 bits per heavy atom. The van der Waals surface area contributed by atoms with Crippen LogP contribution in [0.25, 0.3) is 0 Å². The van der Waals surface area contributed by atoms with Crippen molar-refractivity contribution in [3.8, 4) is 5.75 Å². The molecule has 0 aliphatic carbocycles. The number of rotatable bonds is 4. The zero-order valence-corrected chi connectivity index (χ0v) is 11.7. The number of ether oxygens (including phenoxy) is 1. The van der Waals surface area contributed by atoms with Gasteiger partial charge in [0.2, 0.25) is 0 Å². The van der Waals surface area contributed by atoms with Crippen LogP contribution < -0.4 is 10.1 Å². The van der Waals surface area contributed by atoms with Crippen LogP contribution in [0.4, 0.5) is 0 Å². The molecule has 2 bridgehead atoms. The fourth-order valence-electron chi connectivity index (χ4n) is 3.08. The van der Waals surface area contributed by atoms with Crippen molar-refractivity contribution < 1.29 is 4.74 Å². The molecule has 2 heterocycles. The van der Waals surface area contributed by atoms with Gasteiger partial charge < -0.3 is 10.1 Å². The van der Waals surface area contributed by atoms with E-state index in [1.165, 1.54) is 31.2 Å². The molecule has 0 radical (unpaired) electrons. The fraction of sp³-hybridized carbons (Fsp3) is 0.600. The molecule has 2 saturated heterocycles. The smallest absolute Gasteiger partial charge is 0.118 e. The van der Waals surface area contributed by atoms with Crippen molar-refractivity contribution in [1.82, 2.24) is 5.32 Å². The van der Waals surface area contributed by atoms with Gasteiger partial charge in [0.1, 0.15) is 5.75 Å². The maximum absolute atomic E-state index is 5.18. The summed E-state index contributed by atoms with van der Waals surface area (Å²) >= 11 is 2.13. The molecule has 2 nitrogen and oxygen atoms in total. The van der Waals surface area contributed by atoms with Gasteiger partial charge in [0.25, 0.3) is 0 Å². The molecule has 2 unspecified atom stereocenters. The third-order valence-electron chi connectivity index (χ3n) is 4.07. The summed E-state index contributed by atoms with van der Waals surface area (Å²) < 4.78 is 5.18. The molecule has 0 amide bonds. The van der Waals surface area contributed by atoms with Crippen LogP contribution in [0, 0.1) is 0 Å². The molecular formula is C15H21NOS. The topological polar surface area (TPSA) is 21.3 Å². The zero-order chi connectivity index (χ0) is 12.4. The quantitative estimate of drug-likeness (QED) is 0.901. The molecular weight excluding hydrogens is 242 g/mol. The zero-order valence-electron chi connectivity index (χ0n) is 10.9. The highest BCUT2D eigenvalue weighted by atomic mass is 32.2. The van der Waals surface area contributed by atoms with Crippen LogP contribution in [0.3, 0.4) is 0 Å². The van der Waals surface area contributed by atoms with Crippen molar-refractivity contribution >= 4 is 11.8 Å². The van der Waals surface area contributed by atoms with Crippen molar-refractivity contribution in [2.75, 3.05) is 7.11 Å². The van der Waals surface area contributed by atoms with E-state index in [2.05, 4.69) is 41.3 Å². The second-order valence-electron chi connectivity index (χ2n) is 5.39. The van der Waals surface area contributed by atoms with E-state index in [4.69, 9.17) is 4.74 Å². The number of hydrogen-bond acceptors (Lipinski definition) is 3. The van der Waals surface area contributed by atoms with E-state index >= 15 is 0 Å². The van der Waals surface area contributed by atoms with Crippen LogP contribution >= 0.6 is 11.8 Å². The summed E-state index contributed by atoms with van der Waals surface area (Å²) in [6.07, 6.45) is 5.50. The van der Waals surface area contributed by atoms with Crippen molar-refractivity contribution in [1.29, 1.82) is 0 Å². The summed E-state index contributed by atoms with van der Waals surface area (Å²) in [5, 5.41) is 4.56. The number of benzene rings is 1. The minimum absolute atomic E-state index is 0.803. The summed E-state index contributed by atoms with van der Waals surface area (Å²) in [6.45, 7) is 0. The van der Waals surface area contributed by atoms with Crippen LogP contribution in [0.2, 0.25) is 0 Å². The number of nitrogens with one attached hydrogen (secondary N) is 1. The van der Waals surface area contributed by atoms with Gasteiger partial charge in [-0.05, 0) is 43.4 Å². The summed E-state index contributed by atoms with van der Waals surface area (Å²) in [7, 11) is 1.72. The summed E-state index contributed by atoms with van der Waals surface area (Å²) in [4.78, 5) is 0. The Kier molecular flexibility index (Phi) is 3.80.